The molecule has 4 nitrogen and oxygen atoms in total. The zero-order valence-electron chi connectivity index (χ0n) is 14.3. The molecule has 3 atom stereocenters. The Kier molecular flexibility index (Phi) is 10.4. The van der Waals surface area contributed by atoms with Crippen LogP contribution in [0.5, 0.6) is 0 Å². The van der Waals surface area contributed by atoms with E-state index >= 15 is 0 Å². The van der Waals surface area contributed by atoms with Crippen LogP contribution in [-0.4, -0.2) is 50.9 Å². The highest BCUT2D eigenvalue weighted by atomic mass is 16.5. The fourth-order valence-corrected chi connectivity index (χ4v) is 2.76. The van der Waals surface area contributed by atoms with Crippen LogP contribution in [0.25, 0.3) is 0 Å². The number of ether oxygens (including phenoxy) is 3. The molecule has 128 valence electrons. The Morgan fingerprint density at radius 3 is 2.86 bits per heavy atom. The van der Waals surface area contributed by atoms with Crippen molar-refractivity contribution in [3.63, 3.8) is 0 Å². The predicted molar refractivity (Wildman–Crippen MR) is 89.0 cm³/mol. The van der Waals surface area contributed by atoms with Gasteiger partial charge in [0.1, 0.15) is 6.10 Å². The maximum Gasteiger partial charge on any atom is 0.102 e. The first-order valence-corrected chi connectivity index (χ1v) is 8.36. The van der Waals surface area contributed by atoms with Crippen molar-refractivity contribution in [2.24, 2.45) is 5.92 Å². The monoisotopic (exact) mass is 312 g/mol. The van der Waals surface area contributed by atoms with Gasteiger partial charge in [-0.25, -0.2) is 0 Å². The Balaban J connectivity index is 2.84. The summed E-state index contributed by atoms with van der Waals surface area (Å²) < 4.78 is 17.2. The summed E-state index contributed by atoms with van der Waals surface area (Å²) >= 11 is 0. The smallest absolute Gasteiger partial charge is 0.102 e. The summed E-state index contributed by atoms with van der Waals surface area (Å²) in [6.45, 7) is 6.06. The van der Waals surface area contributed by atoms with Crippen LogP contribution in [0.15, 0.2) is 23.8 Å². The molecule has 0 aromatic carbocycles. The van der Waals surface area contributed by atoms with Crippen LogP contribution >= 0.6 is 0 Å². The Labute approximate surface area is 135 Å². The lowest BCUT2D eigenvalue weighted by molar-refractivity contribution is -0.0616. The van der Waals surface area contributed by atoms with Crippen LogP contribution in [0.4, 0.5) is 0 Å². The summed E-state index contributed by atoms with van der Waals surface area (Å²) in [6.07, 6.45) is 10.8. The van der Waals surface area contributed by atoms with E-state index in [0.717, 1.165) is 19.4 Å². The Hall–Kier alpha value is -0.680. The maximum absolute atomic E-state index is 9.05. The highest BCUT2D eigenvalue weighted by Crippen LogP contribution is 2.19. The molecule has 0 saturated heterocycles. The Bertz CT molecular complexity index is 338. The van der Waals surface area contributed by atoms with Crippen LogP contribution in [0.1, 0.15) is 39.5 Å². The second-order valence-electron chi connectivity index (χ2n) is 5.96. The van der Waals surface area contributed by atoms with Crippen molar-refractivity contribution >= 4 is 0 Å². The zero-order chi connectivity index (χ0) is 16.2. The van der Waals surface area contributed by atoms with Crippen molar-refractivity contribution in [2.45, 2.75) is 51.7 Å². The molecule has 0 amide bonds. The lowest BCUT2D eigenvalue weighted by Gasteiger charge is -2.28. The molecule has 0 aromatic rings. The summed E-state index contributed by atoms with van der Waals surface area (Å²) in [4.78, 5) is 0. The molecular weight excluding hydrogens is 280 g/mol. The van der Waals surface area contributed by atoms with E-state index in [1.807, 2.05) is 0 Å². The maximum atomic E-state index is 9.05. The van der Waals surface area contributed by atoms with E-state index in [-0.39, 0.29) is 24.7 Å². The van der Waals surface area contributed by atoms with Gasteiger partial charge in [-0.05, 0) is 26.2 Å². The number of hydrogen-bond donors (Lipinski definition) is 1. The number of aliphatic hydroxyl groups is 1. The fraction of sp³-hybridized carbons (Fsp3) is 0.778. The molecule has 1 aliphatic rings. The number of hydrogen-bond acceptors (Lipinski definition) is 4. The van der Waals surface area contributed by atoms with Gasteiger partial charge in [0.2, 0.25) is 0 Å². The third-order valence-electron chi connectivity index (χ3n) is 3.88. The molecule has 1 rings (SSSR count). The molecule has 0 fully saturated rings. The number of allylic oxidation sites excluding steroid dienone is 1. The minimum Gasteiger partial charge on any atom is -0.394 e. The van der Waals surface area contributed by atoms with E-state index in [1.165, 1.54) is 18.4 Å². The van der Waals surface area contributed by atoms with Gasteiger partial charge in [0.15, 0.2) is 0 Å². The minimum absolute atomic E-state index is 0.0230. The predicted octanol–water partition coefficient (Wildman–Crippen LogP) is 3.11. The molecule has 0 spiro atoms. The summed E-state index contributed by atoms with van der Waals surface area (Å²) in [5, 5.41) is 9.05. The van der Waals surface area contributed by atoms with Crippen molar-refractivity contribution in [1.29, 1.82) is 0 Å². The van der Waals surface area contributed by atoms with Gasteiger partial charge in [0.25, 0.3) is 0 Å². The van der Waals surface area contributed by atoms with E-state index in [0.29, 0.717) is 13.2 Å². The molecule has 1 N–H and O–H groups in total. The quantitative estimate of drug-likeness (QED) is 0.810. The Morgan fingerprint density at radius 1 is 1.32 bits per heavy atom. The first-order chi connectivity index (χ1) is 10.7. The van der Waals surface area contributed by atoms with Gasteiger partial charge in [-0.2, -0.15) is 0 Å². The van der Waals surface area contributed by atoms with Gasteiger partial charge in [0.05, 0.1) is 25.9 Å². The summed E-state index contributed by atoms with van der Waals surface area (Å²) in [5.74, 6) is 0.188. The first-order valence-electron chi connectivity index (χ1n) is 8.36. The van der Waals surface area contributed by atoms with Crippen molar-refractivity contribution in [3.05, 3.63) is 23.8 Å². The number of methoxy groups -OCH3 is 1. The van der Waals surface area contributed by atoms with Crippen molar-refractivity contribution < 1.29 is 19.3 Å². The highest BCUT2D eigenvalue weighted by molar-refractivity contribution is 5.06. The molecule has 0 unspecified atom stereocenters. The van der Waals surface area contributed by atoms with Crippen molar-refractivity contribution in [3.8, 4) is 0 Å². The number of rotatable bonds is 4. The van der Waals surface area contributed by atoms with Crippen LogP contribution in [0.3, 0.4) is 0 Å². The van der Waals surface area contributed by atoms with Gasteiger partial charge < -0.3 is 19.3 Å². The molecule has 0 aliphatic carbocycles. The van der Waals surface area contributed by atoms with E-state index in [9.17, 15) is 0 Å². The van der Waals surface area contributed by atoms with E-state index < -0.39 is 0 Å². The molecule has 0 saturated carbocycles. The van der Waals surface area contributed by atoms with Gasteiger partial charge in [-0.15, -0.1) is 0 Å². The van der Waals surface area contributed by atoms with Crippen LogP contribution in [0, 0.1) is 5.92 Å². The normalized spacial score (nSPS) is 32.7. The van der Waals surface area contributed by atoms with Gasteiger partial charge >= 0.3 is 0 Å². The van der Waals surface area contributed by atoms with Crippen molar-refractivity contribution in [1.82, 2.24) is 0 Å². The second-order valence-corrected chi connectivity index (χ2v) is 5.96. The van der Waals surface area contributed by atoms with Gasteiger partial charge in [-0.1, -0.05) is 37.1 Å². The average Bonchev–Trinajstić information content (AvgIpc) is 2.50. The van der Waals surface area contributed by atoms with Crippen LogP contribution < -0.4 is 0 Å². The zero-order valence-corrected chi connectivity index (χ0v) is 14.3. The first kappa shape index (κ1) is 19.4. The van der Waals surface area contributed by atoms with Gasteiger partial charge in [-0.3, -0.25) is 0 Å². The SMILES string of the molecule is CO[C@H]1/C=C/CCCCCOC/C(C)=C\[C@@H](C)[C@@H]1OCCO. The standard InChI is InChI=1S/C18H32O4/c1-15-13-16(2)18(22-12-10-19)17(20-3)9-7-5-4-6-8-11-21-14-15/h7,9,13,16-19H,4-6,8,10-12,14H2,1-3H3/b9-7+,15-13-/t16-,17+,18+/m1/s1. The molecular formula is C18H32O4. The van der Waals surface area contributed by atoms with E-state index in [2.05, 4.69) is 32.1 Å². The van der Waals surface area contributed by atoms with Crippen molar-refractivity contribution in [2.75, 3.05) is 33.5 Å². The topological polar surface area (TPSA) is 47.9 Å². The number of aliphatic hydroxyl groups excluding tert-OH is 1. The molecule has 1 heterocycles. The third-order valence-corrected chi connectivity index (χ3v) is 3.88. The molecule has 0 aromatic heterocycles. The van der Waals surface area contributed by atoms with Gasteiger partial charge in [0, 0.05) is 19.6 Å². The fourth-order valence-electron chi connectivity index (χ4n) is 2.76. The molecule has 0 bridgehead atoms. The molecule has 1 aliphatic heterocycles. The molecule has 22 heavy (non-hydrogen) atoms. The summed E-state index contributed by atoms with van der Waals surface area (Å²) in [7, 11) is 1.71. The molecule has 4 heteroatoms. The van der Waals surface area contributed by atoms with Crippen LogP contribution in [0.2, 0.25) is 0 Å². The van der Waals surface area contributed by atoms with E-state index in [4.69, 9.17) is 19.3 Å². The lowest BCUT2D eigenvalue weighted by atomic mass is 9.96. The average molecular weight is 312 g/mol. The van der Waals surface area contributed by atoms with Crippen LogP contribution in [-0.2, 0) is 14.2 Å². The summed E-state index contributed by atoms with van der Waals surface area (Å²) in [5.41, 5.74) is 1.21. The minimum atomic E-state index is -0.105. The second kappa shape index (κ2) is 11.8. The summed E-state index contributed by atoms with van der Waals surface area (Å²) in [6, 6.07) is 0. The Morgan fingerprint density at radius 2 is 2.14 bits per heavy atom. The largest absolute Gasteiger partial charge is 0.394 e. The highest BCUT2D eigenvalue weighted by Gasteiger charge is 2.25. The lowest BCUT2D eigenvalue weighted by Crippen LogP contribution is -2.35. The van der Waals surface area contributed by atoms with E-state index in [1.54, 1.807) is 7.11 Å². The molecule has 0 radical (unpaired) electrons. The third kappa shape index (κ3) is 7.54.